The summed E-state index contributed by atoms with van der Waals surface area (Å²) in [5, 5.41) is 7.23. The zero-order chi connectivity index (χ0) is 32.1. The minimum atomic E-state index is -0.482. The van der Waals surface area contributed by atoms with E-state index in [0.717, 1.165) is 43.9 Å². The summed E-state index contributed by atoms with van der Waals surface area (Å²) in [4.78, 5) is 23.5. The minimum absolute atomic E-state index is 0.0127. The Morgan fingerprint density at radius 1 is 0.978 bits per heavy atom. The van der Waals surface area contributed by atoms with Crippen LogP contribution in [0.25, 0.3) is 10.9 Å². The van der Waals surface area contributed by atoms with Crippen LogP contribution in [0.3, 0.4) is 0 Å². The quantitative estimate of drug-likeness (QED) is 0.159. The second kappa shape index (κ2) is 17.5. The first-order valence-corrected chi connectivity index (χ1v) is 17.3. The van der Waals surface area contributed by atoms with E-state index in [2.05, 4.69) is 27.5 Å². The van der Waals surface area contributed by atoms with E-state index >= 15 is 0 Å². The average Bonchev–Trinajstić information content (AvgIpc) is 3.07. The van der Waals surface area contributed by atoms with Crippen molar-refractivity contribution in [2.45, 2.75) is 96.1 Å². The monoisotopic (exact) mass is 655 g/mol. The predicted octanol–water partition coefficient (Wildman–Crippen LogP) is 8.42. The number of ether oxygens (including phenoxy) is 3. The van der Waals surface area contributed by atoms with Gasteiger partial charge in [-0.3, -0.25) is 0 Å². The molecule has 1 saturated heterocycles. The second-order valence-corrected chi connectivity index (χ2v) is 12.7. The Balaban J connectivity index is 1.25. The molecule has 1 saturated carbocycles. The van der Waals surface area contributed by atoms with Crippen LogP contribution in [0.2, 0.25) is 5.02 Å². The summed E-state index contributed by atoms with van der Waals surface area (Å²) in [7, 11) is 0. The number of hydrogen-bond acceptors (Lipinski definition) is 7. The fraction of sp³-hybridized carbons (Fsp3) is 0.571. The van der Waals surface area contributed by atoms with Gasteiger partial charge in [0.1, 0.15) is 18.0 Å². The first kappa shape index (κ1) is 34.0. The number of carbonyl (C=O) groups is 1. The summed E-state index contributed by atoms with van der Waals surface area (Å²) in [6.45, 7) is 5.27. The molecular formula is C35H47ClFN5O4. The third-order valence-electron chi connectivity index (χ3n) is 8.73. The van der Waals surface area contributed by atoms with Crippen molar-refractivity contribution >= 4 is 40.0 Å². The highest BCUT2D eigenvalue weighted by atomic mass is 35.5. The van der Waals surface area contributed by atoms with Gasteiger partial charge in [-0.2, -0.15) is 0 Å². The Labute approximate surface area is 276 Å². The standard InChI is InChI=1S/C35H47ClFN5O4/c1-2-3-4-5-6-7-8-9-18-45-32-23-31-28(34(39-24-38-31)40-26-12-15-30(37)29(36)21-26)22-33(32)46-27-13-10-25(11-14-27)41-35(43)42-16-19-44-20-17-42/h12,15,21-25,27H,2-11,13-14,16-20H2,1H3,(H,41,43)(H,38,39,40). The number of aromatic nitrogens is 2. The van der Waals surface area contributed by atoms with Crippen molar-refractivity contribution in [2.24, 2.45) is 0 Å². The van der Waals surface area contributed by atoms with Crippen LogP contribution in [0.1, 0.15) is 84.0 Å². The van der Waals surface area contributed by atoms with Crippen molar-refractivity contribution in [3.63, 3.8) is 0 Å². The van der Waals surface area contributed by atoms with Crippen molar-refractivity contribution < 1.29 is 23.4 Å². The van der Waals surface area contributed by atoms with Crippen LogP contribution in [0.4, 0.5) is 20.7 Å². The van der Waals surface area contributed by atoms with E-state index in [4.69, 9.17) is 25.8 Å². The summed E-state index contributed by atoms with van der Waals surface area (Å²) in [5.74, 6) is 1.38. The van der Waals surface area contributed by atoms with Crippen LogP contribution in [0.5, 0.6) is 11.5 Å². The Morgan fingerprint density at radius 3 is 2.46 bits per heavy atom. The van der Waals surface area contributed by atoms with E-state index in [1.54, 1.807) is 6.07 Å². The molecule has 0 radical (unpaired) electrons. The molecule has 2 N–H and O–H groups in total. The van der Waals surface area contributed by atoms with E-state index < -0.39 is 5.82 Å². The SMILES string of the molecule is CCCCCCCCCCOc1cc2ncnc(Nc3ccc(F)c(Cl)c3)c2cc1OC1CCC(NC(=O)N2CCOCC2)CC1. The molecule has 1 aromatic heterocycles. The molecule has 0 spiro atoms. The van der Waals surface area contributed by atoms with Gasteiger partial charge in [0, 0.05) is 36.3 Å². The Hall–Kier alpha value is -3.37. The fourth-order valence-corrected chi connectivity index (χ4v) is 6.21. The fourth-order valence-electron chi connectivity index (χ4n) is 6.03. The number of anilines is 2. The van der Waals surface area contributed by atoms with Gasteiger partial charge >= 0.3 is 6.03 Å². The van der Waals surface area contributed by atoms with Crippen molar-refractivity contribution in [1.29, 1.82) is 0 Å². The lowest BCUT2D eigenvalue weighted by Gasteiger charge is -2.33. The lowest BCUT2D eigenvalue weighted by atomic mass is 9.93. The summed E-state index contributed by atoms with van der Waals surface area (Å²) in [6.07, 6.45) is 14.6. The highest BCUT2D eigenvalue weighted by Crippen LogP contribution is 2.37. The molecular weight excluding hydrogens is 609 g/mol. The molecule has 2 heterocycles. The van der Waals surface area contributed by atoms with Crippen molar-refractivity contribution in [3.8, 4) is 11.5 Å². The summed E-state index contributed by atoms with van der Waals surface area (Å²) in [5.41, 5.74) is 1.32. The molecule has 250 valence electrons. The molecule has 1 aliphatic carbocycles. The van der Waals surface area contributed by atoms with Gasteiger partial charge in [-0.05, 0) is 56.4 Å². The van der Waals surface area contributed by atoms with E-state index in [-0.39, 0.29) is 23.2 Å². The van der Waals surface area contributed by atoms with Crippen LogP contribution in [0.15, 0.2) is 36.7 Å². The first-order chi connectivity index (χ1) is 22.5. The number of nitrogens with one attached hydrogen (secondary N) is 2. The maximum Gasteiger partial charge on any atom is 0.317 e. The van der Waals surface area contributed by atoms with Crippen LogP contribution >= 0.6 is 11.6 Å². The number of morpholine rings is 1. The number of benzene rings is 2. The molecule has 0 unspecified atom stereocenters. The molecule has 46 heavy (non-hydrogen) atoms. The Kier molecular flexibility index (Phi) is 12.9. The molecule has 11 heteroatoms. The molecule has 0 bridgehead atoms. The Bertz CT molecular complexity index is 1420. The van der Waals surface area contributed by atoms with Crippen LogP contribution in [-0.2, 0) is 4.74 Å². The molecule has 2 aromatic carbocycles. The smallest absolute Gasteiger partial charge is 0.317 e. The van der Waals surface area contributed by atoms with E-state index in [9.17, 15) is 9.18 Å². The van der Waals surface area contributed by atoms with E-state index in [1.807, 2.05) is 17.0 Å². The van der Waals surface area contributed by atoms with Crippen molar-refractivity contribution in [1.82, 2.24) is 20.2 Å². The van der Waals surface area contributed by atoms with Gasteiger partial charge in [-0.15, -0.1) is 0 Å². The molecule has 3 aromatic rings. The topological polar surface area (TPSA) is 97.8 Å². The highest BCUT2D eigenvalue weighted by Gasteiger charge is 2.27. The molecule has 2 fully saturated rings. The van der Waals surface area contributed by atoms with Gasteiger partial charge in [-0.25, -0.2) is 19.2 Å². The third-order valence-corrected chi connectivity index (χ3v) is 9.02. The number of carbonyl (C=O) groups excluding carboxylic acids is 1. The van der Waals surface area contributed by atoms with Gasteiger partial charge in [-0.1, -0.05) is 63.5 Å². The van der Waals surface area contributed by atoms with Gasteiger partial charge in [0.15, 0.2) is 11.5 Å². The molecule has 2 amide bonds. The first-order valence-electron chi connectivity index (χ1n) is 16.9. The van der Waals surface area contributed by atoms with Crippen molar-refractivity contribution in [3.05, 3.63) is 47.5 Å². The molecule has 0 atom stereocenters. The number of amides is 2. The van der Waals surface area contributed by atoms with Crippen LogP contribution < -0.4 is 20.1 Å². The number of nitrogens with zero attached hydrogens (tertiary/aromatic N) is 3. The third kappa shape index (κ3) is 9.82. The number of urea groups is 1. The normalized spacial score (nSPS) is 18.4. The molecule has 9 nitrogen and oxygen atoms in total. The largest absolute Gasteiger partial charge is 0.490 e. The van der Waals surface area contributed by atoms with E-state index in [1.165, 1.54) is 57.0 Å². The number of rotatable bonds is 15. The maximum atomic E-state index is 13.8. The number of fused-ring (bicyclic) bond motifs is 1. The minimum Gasteiger partial charge on any atom is -0.490 e. The molecule has 2 aliphatic rings. The number of hydrogen-bond donors (Lipinski definition) is 2. The Morgan fingerprint density at radius 2 is 1.72 bits per heavy atom. The zero-order valence-electron chi connectivity index (χ0n) is 26.9. The highest BCUT2D eigenvalue weighted by molar-refractivity contribution is 6.31. The van der Waals surface area contributed by atoms with Gasteiger partial charge in [0.05, 0.1) is 36.5 Å². The van der Waals surface area contributed by atoms with Crippen molar-refractivity contribution in [2.75, 3.05) is 38.2 Å². The maximum absolute atomic E-state index is 13.8. The molecule has 1 aliphatic heterocycles. The predicted molar refractivity (Wildman–Crippen MR) is 180 cm³/mol. The number of unbranched alkanes of at least 4 members (excludes halogenated alkanes) is 7. The lowest BCUT2D eigenvalue weighted by molar-refractivity contribution is 0.0514. The lowest BCUT2D eigenvalue weighted by Crippen LogP contribution is -2.50. The number of halogens is 2. The average molecular weight is 656 g/mol. The van der Waals surface area contributed by atoms with Crippen LogP contribution in [0, 0.1) is 5.82 Å². The summed E-state index contributed by atoms with van der Waals surface area (Å²) in [6, 6.07) is 8.41. The van der Waals surface area contributed by atoms with Crippen LogP contribution in [-0.4, -0.2) is 66.0 Å². The van der Waals surface area contributed by atoms with Gasteiger partial charge in [0.25, 0.3) is 0 Å². The van der Waals surface area contributed by atoms with E-state index in [0.29, 0.717) is 61.4 Å². The van der Waals surface area contributed by atoms with Gasteiger partial charge < -0.3 is 29.7 Å². The second-order valence-electron chi connectivity index (χ2n) is 12.3. The summed E-state index contributed by atoms with van der Waals surface area (Å²) >= 11 is 6.02. The molecule has 5 rings (SSSR count). The zero-order valence-corrected chi connectivity index (χ0v) is 27.6. The van der Waals surface area contributed by atoms with Gasteiger partial charge in [0.2, 0.25) is 0 Å². The summed E-state index contributed by atoms with van der Waals surface area (Å²) < 4.78 is 32.1.